The number of aromatic nitrogens is 2. The number of nitriles is 1. The largest absolute Gasteiger partial charge is 0.489 e. The summed E-state index contributed by atoms with van der Waals surface area (Å²) in [5.74, 6) is -0.0836. The van der Waals surface area contributed by atoms with Gasteiger partial charge in [-0.3, -0.25) is 20.2 Å². The van der Waals surface area contributed by atoms with Crippen LogP contribution in [0.25, 0.3) is 6.08 Å². The summed E-state index contributed by atoms with van der Waals surface area (Å²) < 4.78 is 9.67. The molecule has 1 aromatic heterocycles. The Balaban J connectivity index is 1.65. The standard InChI is InChI=1S/C20H15N5O4S2/c1-30-20-23-19(31-24-20)22-18(26)15(11-21)10-13-6-8-16(9-7-13)29-12-14-4-2-3-5-17(14)25(27)28/h2-10H,12H2,1H3,(H,22,23,24,26). The molecule has 9 nitrogen and oxygen atoms in total. The normalized spacial score (nSPS) is 10.9. The van der Waals surface area contributed by atoms with Gasteiger partial charge in [0.2, 0.25) is 10.3 Å². The van der Waals surface area contributed by atoms with Crippen molar-refractivity contribution >= 4 is 46.1 Å². The van der Waals surface area contributed by atoms with Crippen LogP contribution >= 0.6 is 23.3 Å². The number of nitro groups is 1. The lowest BCUT2D eigenvalue weighted by atomic mass is 10.1. The van der Waals surface area contributed by atoms with Gasteiger partial charge in [-0.25, -0.2) is 0 Å². The molecular weight excluding hydrogens is 438 g/mol. The van der Waals surface area contributed by atoms with Crippen LogP contribution in [-0.2, 0) is 11.4 Å². The highest BCUT2D eigenvalue weighted by Crippen LogP contribution is 2.22. The third-order valence-corrected chi connectivity index (χ3v) is 5.24. The smallest absolute Gasteiger partial charge is 0.276 e. The van der Waals surface area contributed by atoms with E-state index in [2.05, 4.69) is 14.7 Å². The molecule has 1 N–H and O–H groups in total. The van der Waals surface area contributed by atoms with Gasteiger partial charge in [0.05, 0.1) is 10.5 Å². The SMILES string of the molecule is CSc1nsc(NC(=O)C(C#N)=Cc2ccc(OCc3ccccc3[N+](=O)[O-])cc2)n1. The molecule has 0 saturated carbocycles. The van der Waals surface area contributed by atoms with Crippen molar-refractivity contribution in [2.24, 2.45) is 0 Å². The van der Waals surface area contributed by atoms with E-state index in [1.165, 1.54) is 23.9 Å². The summed E-state index contributed by atoms with van der Waals surface area (Å²) in [7, 11) is 0. The Labute approximate surface area is 185 Å². The summed E-state index contributed by atoms with van der Waals surface area (Å²) in [6, 6.07) is 14.9. The number of anilines is 1. The minimum atomic E-state index is -0.581. The number of hydrogen-bond donors (Lipinski definition) is 1. The number of nitrogens with one attached hydrogen (secondary N) is 1. The van der Waals surface area contributed by atoms with Crippen molar-refractivity contribution in [2.45, 2.75) is 11.8 Å². The number of carbonyl (C=O) groups is 1. The minimum Gasteiger partial charge on any atom is -0.489 e. The summed E-state index contributed by atoms with van der Waals surface area (Å²) in [5, 5.41) is 23.8. The van der Waals surface area contributed by atoms with E-state index in [1.54, 1.807) is 42.5 Å². The number of benzene rings is 2. The molecule has 0 aliphatic heterocycles. The van der Waals surface area contributed by atoms with Gasteiger partial charge in [0.15, 0.2) is 0 Å². The van der Waals surface area contributed by atoms with Crippen LogP contribution in [0.15, 0.2) is 59.3 Å². The van der Waals surface area contributed by atoms with Gasteiger partial charge < -0.3 is 4.74 Å². The van der Waals surface area contributed by atoms with Crippen molar-refractivity contribution in [3.05, 3.63) is 75.3 Å². The van der Waals surface area contributed by atoms with Gasteiger partial charge in [0.1, 0.15) is 24.0 Å². The van der Waals surface area contributed by atoms with Gasteiger partial charge in [0, 0.05) is 17.6 Å². The Bertz CT molecular complexity index is 1170. The Hall–Kier alpha value is -3.75. The van der Waals surface area contributed by atoms with Gasteiger partial charge in [0.25, 0.3) is 11.6 Å². The first kappa shape index (κ1) is 21.9. The minimum absolute atomic E-state index is 0.00758. The van der Waals surface area contributed by atoms with E-state index < -0.39 is 10.8 Å². The molecule has 0 radical (unpaired) electrons. The van der Waals surface area contributed by atoms with E-state index in [-0.39, 0.29) is 17.9 Å². The molecule has 31 heavy (non-hydrogen) atoms. The Morgan fingerprint density at radius 3 is 2.71 bits per heavy atom. The molecule has 0 bridgehead atoms. The molecule has 1 amide bonds. The number of hydrogen-bond acceptors (Lipinski definition) is 9. The van der Waals surface area contributed by atoms with Crippen molar-refractivity contribution in [2.75, 3.05) is 11.6 Å². The highest BCUT2D eigenvalue weighted by Gasteiger charge is 2.14. The lowest BCUT2D eigenvalue weighted by Crippen LogP contribution is -2.13. The summed E-state index contributed by atoms with van der Waals surface area (Å²) in [6.07, 6.45) is 3.26. The topological polar surface area (TPSA) is 131 Å². The van der Waals surface area contributed by atoms with Gasteiger partial charge in [-0.05, 0) is 36.1 Å². The summed E-state index contributed by atoms with van der Waals surface area (Å²) in [4.78, 5) is 27.0. The highest BCUT2D eigenvalue weighted by atomic mass is 32.2. The predicted molar refractivity (Wildman–Crippen MR) is 118 cm³/mol. The van der Waals surface area contributed by atoms with E-state index >= 15 is 0 Å². The molecule has 2 aromatic carbocycles. The number of nitro benzene ring substituents is 1. The zero-order valence-corrected chi connectivity index (χ0v) is 17.8. The lowest BCUT2D eigenvalue weighted by Gasteiger charge is -2.07. The maximum atomic E-state index is 12.3. The number of para-hydroxylation sites is 1. The zero-order valence-electron chi connectivity index (χ0n) is 16.1. The second-order valence-corrected chi connectivity index (χ2v) is 7.48. The van der Waals surface area contributed by atoms with Gasteiger partial charge >= 0.3 is 0 Å². The third kappa shape index (κ3) is 5.88. The fourth-order valence-electron chi connectivity index (χ4n) is 2.46. The molecule has 0 aliphatic carbocycles. The quantitative estimate of drug-likeness (QED) is 0.176. The molecule has 0 aliphatic rings. The molecule has 0 fully saturated rings. The summed E-state index contributed by atoms with van der Waals surface area (Å²) in [5.41, 5.74) is 0.981. The van der Waals surface area contributed by atoms with Crippen LogP contribution in [-0.4, -0.2) is 26.4 Å². The fourth-order valence-corrected chi connectivity index (χ4v) is 3.58. The zero-order chi connectivity index (χ0) is 22.2. The molecule has 0 spiro atoms. The first-order valence-corrected chi connectivity index (χ1v) is 10.8. The van der Waals surface area contributed by atoms with Crippen LogP contribution in [0.3, 0.4) is 0 Å². The molecule has 0 saturated heterocycles. The first-order chi connectivity index (χ1) is 15.0. The predicted octanol–water partition coefficient (Wildman–Crippen LogP) is 4.29. The van der Waals surface area contributed by atoms with E-state index in [1.807, 2.05) is 12.3 Å². The number of rotatable bonds is 8. The monoisotopic (exact) mass is 453 g/mol. The van der Waals surface area contributed by atoms with Crippen LogP contribution in [0.4, 0.5) is 10.8 Å². The highest BCUT2D eigenvalue weighted by molar-refractivity contribution is 7.98. The molecule has 1 heterocycles. The van der Waals surface area contributed by atoms with Crippen LogP contribution in [0.1, 0.15) is 11.1 Å². The number of amides is 1. The van der Waals surface area contributed by atoms with E-state index in [9.17, 15) is 20.2 Å². The summed E-state index contributed by atoms with van der Waals surface area (Å²) >= 11 is 2.39. The Morgan fingerprint density at radius 1 is 1.32 bits per heavy atom. The van der Waals surface area contributed by atoms with E-state index in [4.69, 9.17) is 4.74 Å². The summed E-state index contributed by atoms with van der Waals surface area (Å²) in [6.45, 7) is 0.0398. The van der Waals surface area contributed by atoms with Gasteiger partial charge in [-0.1, -0.05) is 36.0 Å². The number of ether oxygens (including phenoxy) is 1. The van der Waals surface area contributed by atoms with Crippen molar-refractivity contribution < 1.29 is 14.5 Å². The Kier molecular flexibility index (Phi) is 7.31. The average molecular weight is 454 g/mol. The fraction of sp³-hybridized carbons (Fsp3) is 0.100. The number of thioether (sulfide) groups is 1. The van der Waals surface area contributed by atoms with Gasteiger partial charge in [-0.15, -0.1) is 0 Å². The molecule has 0 atom stereocenters. The number of carbonyl (C=O) groups excluding carboxylic acids is 1. The van der Waals surface area contributed by atoms with Crippen LogP contribution in [0.5, 0.6) is 5.75 Å². The number of nitrogens with zero attached hydrogens (tertiary/aromatic N) is 4. The Morgan fingerprint density at radius 2 is 2.06 bits per heavy atom. The molecule has 3 rings (SSSR count). The second-order valence-electron chi connectivity index (χ2n) is 5.95. The molecule has 11 heteroatoms. The maximum absolute atomic E-state index is 12.3. The van der Waals surface area contributed by atoms with Crippen molar-refractivity contribution in [1.29, 1.82) is 5.26 Å². The van der Waals surface area contributed by atoms with Crippen molar-refractivity contribution in [1.82, 2.24) is 9.36 Å². The maximum Gasteiger partial charge on any atom is 0.276 e. The average Bonchev–Trinajstić information content (AvgIpc) is 3.24. The van der Waals surface area contributed by atoms with Crippen molar-refractivity contribution in [3.63, 3.8) is 0 Å². The van der Waals surface area contributed by atoms with Crippen LogP contribution in [0.2, 0.25) is 0 Å². The molecule has 156 valence electrons. The van der Waals surface area contributed by atoms with Crippen molar-refractivity contribution in [3.8, 4) is 11.8 Å². The lowest BCUT2D eigenvalue weighted by molar-refractivity contribution is -0.385. The van der Waals surface area contributed by atoms with E-state index in [0.717, 1.165) is 11.5 Å². The van der Waals surface area contributed by atoms with Crippen LogP contribution in [0, 0.1) is 21.4 Å². The molecule has 3 aromatic rings. The van der Waals surface area contributed by atoms with Gasteiger partial charge in [-0.2, -0.15) is 14.6 Å². The first-order valence-electron chi connectivity index (χ1n) is 8.76. The molecule has 0 unspecified atom stereocenters. The third-order valence-electron chi connectivity index (χ3n) is 3.95. The molecular formula is C20H15N5O4S2. The van der Waals surface area contributed by atoms with E-state index in [0.29, 0.717) is 27.2 Å². The van der Waals surface area contributed by atoms with Crippen LogP contribution < -0.4 is 10.1 Å². The second kappa shape index (κ2) is 10.3.